The Morgan fingerprint density at radius 2 is 1.98 bits per heavy atom. The second-order valence-electron chi connectivity index (χ2n) is 10.3. The zero-order valence-corrected chi connectivity index (χ0v) is 23.9. The smallest absolute Gasteiger partial charge is 0.142 e. The molecule has 2 aromatic carbocycles. The van der Waals surface area contributed by atoms with Crippen molar-refractivity contribution in [3.8, 4) is 16.2 Å². The number of benzene rings is 2. The first-order chi connectivity index (χ1) is 20.1. The summed E-state index contributed by atoms with van der Waals surface area (Å²) in [5.74, 6) is 0.995. The molecule has 1 aliphatic carbocycles. The number of piperazine rings is 1. The summed E-state index contributed by atoms with van der Waals surface area (Å²) < 4.78 is 21.5. The lowest BCUT2D eigenvalue weighted by Crippen LogP contribution is -2.44. The summed E-state index contributed by atoms with van der Waals surface area (Å²) in [7, 11) is 0. The molecular formula is C30H29ClFN7OS. The number of halogens is 2. The van der Waals surface area contributed by atoms with E-state index in [-0.39, 0.29) is 12.4 Å². The standard InChI is InChI=1S/C30H29ClFN7OS/c31-24-15-21(4-7-26(24)40-17-19-2-1-3-20(32)14-19)37-29-27-22-5-6-25-23(28(22)41-30(27)35-18-34-29)16-36-39(25)13-12-38-10-8-33-9-11-38/h1-4,7,14-16,18,33H,5-6,8-13,17H2,(H,34,35,37). The number of ether oxygens (including phenoxy) is 1. The molecule has 7 rings (SSSR count). The van der Waals surface area contributed by atoms with E-state index in [1.807, 2.05) is 30.5 Å². The van der Waals surface area contributed by atoms with Crippen LogP contribution in [0.1, 0.15) is 16.8 Å². The molecule has 1 fully saturated rings. The van der Waals surface area contributed by atoms with Gasteiger partial charge in [0.05, 0.1) is 23.2 Å². The maximum atomic E-state index is 13.5. The SMILES string of the molecule is Fc1cccc(COc2ccc(Nc3ncnc4sc5c(c34)CCc3c-5cnn3CCN3CCNCC3)cc2Cl)c1. The number of anilines is 2. The summed E-state index contributed by atoms with van der Waals surface area (Å²) in [6.45, 7) is 6.45. The van der Waals surface area contributed by atoms with Crippen LogP contribution in [0, 0.1) is 5.82 Å². The monoisotopic (exact) mass is 589 g/mol. The molecule has 1 aliphatic heterocycles. The Kier molecular flexibility index (Phi) is 7.30. The van der Waals surface area contributed by atoms with Crippen molar-refractivity contribution in [1.82, 2.24) is 30.0 Å². The quantitative estimate of drug-likeness (QED) is 0.241. The summed E-state index contributed by atoms with van der Waals surface area (Å²) in [5.41, 5.74) is 5.32. The van der Waals surface area contributed by atoms with Gasteiger partial charge >= 0.3 is 0 Å². The number of aryl methyl sites for hydroxylation is 1. The topological polar surface area (TPSA) is 80.1 Å². The van der Waals surface area contributed by atoms with Gasteiger partial charge in [-0.3, -0.25) is 9.58 Å². The minimum atomic E-state index is -0.292. The Bertz CT molecular complexity index is 1710. The number of rotatable bonds is 8. The molecule has 0 bridgehead atoms. The van der Waals surface area contributed by atoms with Gasteiger partial charge in [0.25, 0.3) is 0 Å². The van der Waals surface area contributed by atoms with E-state index in [9.17, 15) is 4.39 Å². The Balaban J connectivity index is 1.10. The fraction of sp³-hybridized carbons (Fsp3) is 0.300. The van der Waals surface area contributed by atoms with Gasteiger partial charge in [0.2, 0.25) is 0 Å². The van der Waals surface area contributed by atoms with Crippen molar-refractivity contribution in [2.45, 2.75) is 26.0 Å². The van der Waals surface area contributed by atoms with Crippen molar-refractivity contribution < 1.29 is 9.13 Å². The lowest BCUT2D eigenvalue weighted by Gasteiger charge is -2.27. The van der Waals surface area contributed by atoms with Crippen LogP contribution in [-0.2, 0) is 26.0 Å². The number of fused-ring (bicyclic) bond motifs is 5. The fourth-order valence-corrected chi connectivity index (χ4v) is 7.09. The van der Waals surface area contributed by atoms with Gasteiger partial charge in [-0.25, -0.2) is 14.4 Å². The molecule has 8 nitrogen and oxygen atoms in total. The predicted octanol–water partition coefficient (Wildman–Crippen LogP) is 5.67. The number of nitrogens with zero attached hydrogens (tertiary/aromatic N) is 5. The second kappa shape index (κ2) is 11.4. The average molecular weight is 590 g/mol. The van der Waals surface area contributed by atoms with Crippen molar-refractivity contribution in [3.63, 3.8) is 0 Å². The third kappa shape index (κ3) is 5.40. The van der Waals surface area contributed by atoms with Crippen LogP contribution in [0.25, 0.3) is 20.7 Å². The highest BCUT2D eigenvalue weighted by atomic mass is 35.5. The van der Waals surface area contributed by atoms with E-state index in [1.54, 1.807) is 23.7 Å². The van der Waals surface area contributed by atoms with Gasteiger partial charge in [0.15, 0.2) is 0 Å². The molecule has 2 N–H and O–H groups in total. The van der Waals surface area contributed by atoms with E-state index in [2.05, 4.69) is 30.2 Å². The number of hydrogen-bond donors (Lipinski definition) is 2. The minimum Gasteiger partial charge on any atom is -0.487 e. The van der Waals surface area contributed by atoms with E-state index in [1.165, 1.54) is 33.8 Å². The lowest BCUT2D eigenvalue weighted by atomic mass is 9.95. The highest BCUT2D eigenvalue weighted by molar-refractivity contribution is 7.22. The van der Waals surface area contributed by atoms with E-state index < -0.39 is 0 Å². The summed E-state index contributed by atoms with van der Waals surface area (Å²) in [6, 6.07) is 11.9. The van der Waals surface area contributed by atoms with Crippen molar-refractivity contribution in [2.24, 2.45) is 0 Å². The molecule has 11 heteroatoms. The Morgan fingerprint density at radius 3 is 2.83 bits per heavy atom. The molecule has 0 amide bonds. The van der Waals surface area contributed by atoms with Gasteiger partial charge in [0.1, 0.15) is 35.1 Å². The van der Waals surface area contributed by atoms with Crippen LogP contribution >= 0.6 is 22.9 Å². The van der Waals surface area contributed by atoms with Gasteiger partial charge in [-0.2, -0.15) is 5.10 Å². The normalized spacial score (nSPS) is 15.1. The van der Waals surface area contributed by atoms with Gasteiger partial charge in [0, 0.05) is 54.5 Å². The zero-order chi connectivity index (χ0) is 27.8. The fourth-order valence-electron chi connectivity index (χ4n) is 5.63. The summed E-state index contributed by atoms with van der Waals surface area (Å²) >= 11 is 8.26. The Labute approximate surface area is 246 Å². The highest BCUT2D eigenvalue weighted by Crippen LogP contribution is 2.45. The van der Waals surface area contributed by atoms with E-state index >= 15 is 0 Å². The van der Waals surface area contributed by atoms with Crippen molar-refractivity contribution in [3.05, 3.63) is 82.6 Å². The van der Waals surface area contributed by atoms with Crippen LogP contribution in [0.4, 0.5) is 15.9 Å². The van der Waals surface area contributed by atoms with Gasteiger partial charge in [-0.15, -0.1) is 11.3 Å². The molecule has 0 unspecified atom stereocenters. The van der Waals surface area contributed by atoms with E-state index in [0.717, 1.165) is 79.4 Å². The van der Waals surface area contributed by atoms with Crippen LogP contribution in [-0.4, -0.2) is 57.4 Å². The lowest BCUT2D eigenvalue weighted by molar-refractivity contribution is 0.228. The molecule has 0 saturated carbocycles. The second-order valence-corrected chi connectivity index (χ2v) is 11.7. The zero-order valence-electron chi connectivity index (χ0n) is 22.4. The Hall–Kier alpha value is -3.57. The largest absolute Gasteiger partial charge is 0.487 e. The third-order valence-electron chi connectivity index (χ3n) is 7.71. The highest BCUT2D eigenvalue weighted by Gasteiger charge is 2.27. The molecule has 0 atom stereocenters. The first kappa shape index (κ1) is 26.3. The van der Waals surface area contributed by atoms with Gasteiger partial charge < -0.3 is 15.4 Å². The molecule has 2 aliphatic rings. The van der Waals surface area contributed by atoms with Gasteiger partial charge in [-0.05, 0) is 54.3 Å². The van der Waals surface area contributed by atoms with E-state index in [0.29, 0.717) is 10.8 Å². The number of hydrogen-bond acceptors (Lipinski definition) is 8. The maximum absolute atomic E-state index is 13.5. The van der Waals surface area contributed by atoms with E-state index in [4.69, 9.17) is 21.4 Å². The van der Waals surface area contributed by atoms with Crippen LogP contribution in [0.2, 0.25) is 5.02 Å². The maximum Gasteiger partial charge on any atom is 0.142 e. The molecule has 3 aromatic heterocycles. The third-order valence-corrected chi connectivity index (χ3v) is 9.18. The van der Waals surface area contributed by atoms with Crippen LogP contribution in [0.15, 0.2) is 55.0 Å². The van der Waals surface area contributed by atoms with Crippen molar-refractivity contribution in [1.29, 1.82) is 0 Å². The summed E-state index contributed by atoms with van der Waals surface area (Å²) in [5, 5.41) is 13.2. The average Bonchev–Trinajstić information content (AvgIpc) is 3.58. The molecule has 0 spiro atoms. The van der Waals surface area contributed by atoms with Crippen molar-refractivity contribution in [2.75, 3.05) is 38.0 Å². The first-order valence-electron chi connectivity index (χ1n) is 13.8. The first-order valence-corrected chi connectivity index (χ1v) is 15.0. The van der Waals surface area contributed by atoms with Crippen LogP contribution in [0.3, 0.4) is 0 Å². The van der Waals surface area contributed by atoms with Crippen LogP contribution in [0.5, 0.6) is 5.75 Å². The molecular weight excluding hydrogens is 561 g/mol. The molecule has 1 saturated heterocycles. The number of aromatic nitrogens is 4. The summed E-state index contributed by atoms with van der Waals surface area (Å²) in [4.78, 5) is 13.9. The molecule has 4 heterocycles. The molecule has 210 valence electrons. The molecule has 41 heavy (non-hydrogen) atoms. The number of thiophene rings is 1. The number of nitrogens with one attached hydrogen (secondary N) is 2. The predicted molar refractivity (Wildman–Crippen MR) is 161 cm³/mol. The Morgan fingerprint density at radius 1 is 1.07 bits per heavy atom. The molecule has 0 radical (unpaired) electrons. The van der Waals surface area contributed by atoms with Crippen molar-refractivity contribution >= 4 is 44.7 Å². The van der Waals surface area contributed by atoms with Crippen LogP contribution < -0.4 is 15.4 Å². The van der Waals surface area contributed by atoms with Gasteiger partial charge in [-0.1, -0.05) is 23.7 Å². The molecule has 5 aromatic rings. The minimum absolute atomic E-state index is 0.228. The summed E-state index contributed by atoms with van der Waals surface area (Å²) in [6.07, 6.45) is 5.47.